The van der Waals surface area contributed by atoms with E-state index < -0.39 is 29.2 Å². The molecule has 1 unspecified atom stereocenters. The van der Waals surface area contributed by atoms with Crippen LogP contribution in [0, 0.1) is 0 Å². The van der Waals surface area contributed by atoms with Crippen LogP contribution in [0.5, 0.6) is 0 Å². The Morgan fingerprint density at radius 1 is 1.28 bits per heavy atom. The predicted molar refractivity (Wildman–Crippen MR) is 56.8 cm³/mol. The molecule has 6 heteroatoms. The quantitative estimate of drug-likeness (QED) is 0.839. The van der Waals surface area contributed by atoms with Crippen molar-refractivity contribution >= 4 is 5.78 Å². The zero-order chi connectivity index (χ0) is 13.3. The van der Waals surface area contributed by atoms with Crippen LogP contribution in [0.3, 0.4) is 0 Å². The van der Waals surface area contributed by atoms with E-state index in [4.69, 9.17) is 0 Å². The van der Waals surface area contributed by atoms with Crippen LogP contribution in [-0.2, 0) is 11.0 Å². The van der Waals surface area contributed by atoms with Gasteiger partial charge in [-0.3, -0.25) is 9.78 Å². The molecule has 0 spiro atoms. The van der Waals surface area contributed by atoms with Crippen LogP contribution < -0.4 is 0 Å². The van der Waals surface area contributed by atoms with Crippen LogP contribution in [0.2, 0.25) is 0 Å². The van der Waals surface area contributed by atoms with Gasteiger partial charge in [-0.15, -0.1) is 0 Å². The van der Waals surface area contributed by atoms with E-state index in [2.05, 4.69) is 4.98 Å². The number of rotatable bonds is 1. The van der Waals surface area contributed by atoms with E-state index in [1.807, 2.05) is 0 Å². The molecule has 18 heavy (non-hydrogen) atoms. The summed E-state index contributed by atoms with van der Waals surface area (Å²) in [6.07, 6.45) is 0.368. The fourth-order valence-electron chi connectivity index (χ4n) is 1.58. The largest absolute Gasteiger partial charge is 0.504 e. The summed E-state index contributed by atoms with van der Waals surface area (Å²) in [5.74, 6) is -1.84. The molecule has 0 aliphatic heterocycles. The number of carbonyl (C=O) groups excluding carboxylic acids is 1. The predicted octanol–water partition coefficient (Wildman–Crippen LogP) is 2.76. The molecule has 0 saturated carbocycles. The number of hydrogen-bond acceptors (Lipinski definition) is 3. The molecule has 0 bridgehead atoms. The van der Waals surface area contributed by atoms with Crippen molar-refractivity contribution < 1.29 is 23.1 Å². The summed E-state index contributed by atoms with van der Waals surface area (Å²) in [5, 5.41) is 9.25. The Balaban J connectivity index is 2.29. The normalized spacial score (nSPS) is 19.8. The summed E-state index contributed by atoms with van der Waals surface area (Å²) in [6, 6.07) is 1.99. The lowest BCUT2D eigenvalue weighted by Gasteiger charge is -2.14. The molecule has 1 aliphatic rings. The average molecular weight is 255 g/mol. The lowest BCUT2D eigenvalue weighted by atomic mass is 9.94. The van der Waals surface area contributed by atoms with Crippen molar-refractivity contribution in [3.8, 4) is 0 Å². The molecule has 0 fully saturated rings. The molecule has 3 nitrogen and oxygen atoms in total. The van der Waals surface area contributed by atoms with Gasteiger partial charge in [0.05, 0.1) is 17.2 Å². The standard InChI is InChI=1S/C12H8F3NO2/c13-12(14,15)7-4-5-9(16-6-7)8-2-1-3-10(17)11(8)18/h1-6,8,17H. The molecule has 1 atom stereocenters. The van der Waals surface area contributed by atoms with E-state index in [-0.39, 0.29) is 5.69 Å². The molecule has 1 N–H and O–H groups in total. The van der Waals surface area contributed by atoms with Crippen molar-refractivity contribution in [3.05, 3.63) is 53.6 Å². The summed E-state index contributed by atoms with van der Waals surface area (Å²) < 4.78 is 37.0. The first kappa shape index (κ1) is 12.3. The SMILES string of the molecule is O=C1C(O)=CC=CC1c1ccc(C(F)(F)F)cn1. The number of aliphatic hydroxyl groups excluding tert-OH is 1. The molecular weight excluding hydrogens is 247 g/mol. The van der Waals surface area contributed by atoms with E-state index in [0.29, 0.717) is 6.20 Å². The third-order valence-corrected chi connectivity index (χ3v) is 2.52. The highest BCUT2D eigenvalue weighted by Crippen LogP contribution is 2.30. The number of halogens is 3. The van der Waals surface area contributed by atoms with Gasteiger partial charge in [0.15, 0.2) is 5.76 Å². The lowest BCUT2D eigenvalue weighted by Crippen LogP contribution is -2.17. The first-order valence-electron chi connectivity index (χ1n) is 5.04. The minimum Gasteiger partial charge on any atom is -0.504 e. The maximum atomic E-state index is 12.3. The van der Waals surface area contributed by atoms with Gasteiger partial charge < -0.3 is 5.11 Å². The number of hydrogen-bond donors (Lipinski definition) is 1. The fraction of sp³-hybridized carbons (Fsp3) is 0.167. The van der Waals surface area contributed by atoms with Crippen LogP contribution in [0.15, 0.2) is 42.3 Å². The number of aliphatic hydroxyl groups is 1. The maximum Gasteiger partial charge on any atom is 0.417 e. The van der Waals surface area contributed by atoms with Crippen molar-refractivity contribution in [1.82, 2.24) is 4.98 Å². The van der Waals surface area contributed by atoms with Gasteiger partial charge in [0.1, 0.15) is 0 Å². The van der Waals surface area contributed by atoms with Crippen LogP contribution >= 0.6 is 0 Å². The van der Waals surface area contributed by atoms with Crippen molar-refractivity contribution in [2.45, 2.75) is 12.1 Å². The molecule has 2 rings (SSSR count). The summed E-state index contributed by atoms with van der Waals surface area (Å²) in [4.78, 5) is 15.2. The van der Waals surface area contributed by atoms with Gasteiger partial charge in [-0.2, -0.15) is 13.2 Å². The monoisotopic (exact) mass is 255 g/mol. The van der Waals surface area contributed by atoms with Gasteiger partial charge in [-0.05, 0) is 18.2 Å². The highest BCUT2D eigenvalue weighted by Gasteiger charge is 2.31. The second-order valence-electron chi connectivity index (χ2n) is 3.75. The second kappa shape index (κ2) is 4.29. The number of alkyl halides is 3. The van der Waals surface area contributed by atoms with Crippen molar-refractivity contribution in [1.29, 1.82) is 0 Å². The molecule has 1 aliphatic carbocycles. The number of pyridine rings is 1. The van der Waals surface area contributed by atoms with E-state index in [1.165, 1.54) is 18.2 Å². The van der Waals surface area contributed by atoms with Crippen LogP contribution in [0.25, 0.3) is 0 Å². The number of aromatic nitrogens is 1. The summed E-state index contributed by atoms with van der Waals surface area (Å²) in [7, 11) is 0. The van der Waals surface area contributed by atoms with Crippen LogP contribution in [0.4, 0.5) is 13.2 Å². The number of allylic oxidation sites excluding steroid dienone is 4. The van der Waals surface area contributed by atoms with Crippen molar-refractivity contribution in [3.63, 3.8) is 0 Å². The number of Topliss-reactive ketones (excluding diaryl/α,β-unsaturated/α-hetero) is 1. The van der Waals surface area contributed by atoms with E-state index in [0.717, 1.165) is 12.1 Å². The average Bonchev–Trinajstić information content (AvgIpc) is 2.32. The fourth-order valence-corrected chi connectivity index (χ4v) is 1.58. The Kier molecular flexibility index (Phi) is 2.94. The summed E-state index contributed by atoms with van der Waals surface area (Å²) in [6.45, 7) is 0. The Labute approximate surface area is 100 Å². The molecule has 94 valence electrons. The number of ketones is 1. The van der Waals surface area contributed by atoms with Gasteiger partial charge in [0.25, 0.3) is 0 Å². The second-order valence-corrected chi connectivity index (χ2v) is 3.75. The highest BCUT2D eigenvalue weighted by atomic mass is 19.4. The molecule has 0 amide bonds. The number of carbonyl (C=O) groups is 1. The van der Waals surface area contributed by atoms with E-state index in [9.17, 15) is 23.1 Å². The van der Waals surface area contributed by atoms with E-state index >= 15 is 0 Å². The molecule has 1 aromatic heterocycles. The van der Waals surface area contributed by atoms with Gasteiger partial charge in [0, 0.05) is 6.20 Å². The van der Waals surface area contributed by atoms with Crippen LogP contribution in [-0.4, -0.2) is 15.9 Å². The Morgan fingerprint density at radius 3 is 2.56 bits per heavy atom. The molecule has 1 aromatic rings. The van der Waals surface area contributed by atoms with Gasteiger partial charge in [0.2, 0.25) is 5.78 Å². The third-order valence-electron chi connectivity index (χ3n) is 2.52. The Hall–Kier alpha value is -2.11. The highest BCUT2D eigenvalue weighted by molar-refractivity contribution is 6.00. The minimum absolute atomic E-state index is 0.170. The molecule has 0 aromatic carbocycles. The molecule has 1 heterocycles. The van der Waals surface area contributed by atoms with Gasteiger partial charge >= 0.3 is 6.18 Å². The van der Waals surface area contributed by atoms with Gasteiger partial charge in [-0.25, -0.2) is 0 Å². The summed E-state index contributed by atoms with van der Waals surface area (Å²) >= 11 is 0. The third kappa shape index (κ3) is 2.27. The smallest absolute Gasteiger partial charge is 0.417 e. The minimum atomic E-state index is -4.46. The zero-order valence-corrected chi connectivity index (χ0v) is 8.98. The maximum absolute atomic E-state index is 12.3. The number of nitrogens with zero attached hydrogens (tertiary/aromatic N) is 1. The Bertz CT molecular complexity index is 529. The van der Waals surface area contributed by atoms with Crippen molar-refractivity contribution in [2.75, 3.05) is 0 Å². The zero-order valence-electron chi connectivity index (χ0n) is 8.98. The van der Waals surface area contributed by atoms with Crippen molar-refractivity contribution in [2.24, 2.45) is 0 Å². The molecule has 0 saturated heterocycles. The summed E-state index contributed by atoms with van der Waals surface area (Å²) in [5.41, 5.74) is -0.706. The lowest BCUT2D eigenvalue weighted by molar-refractivity contribution is -0.137. The molecular formula is C12H8F3NO2. The molecule has 0 radical (unpaired) electrons. The first-order chi connectivity index (χ1) is 8.39. The van der Waals surface area contributed by atoms with Gasteiger partial charge in [-0.1, -0.05) is 12.2 Å². The first-order valence-corrected chi connectivity index (χ1v) is 5.04. The Morgan fingerprint density at radius 2 is 2.00 bits per heavy atom. The van der Waals surface area contributed by atoms with Crippen LogP contribution in [0.1, 0.15) is 17.2 Å². The van der Waals surface area contributed by atoms with E-state index in [1.54, 1.807) is 0 Å². The topological polar surface area (TPSA) is 50.2 Å².